The fourth-order valence-electron chi connectivity index (χ4n) is 5.40. The third kappa shape index (κ3) is 2.41. The van der Waals surface area contributed by atoms with Crippen LogP contribution in [0.2, 0.25) is 5.02 Å². The minimum Gasteiger partial charge on any atom is -0.369 e. The molecule has 3 saturated heterocycles. The van der Waals surface area contributed by atoms with E-state index in [0.717, 1.165) is 36.8 Å². The molecule has 3 fully saturated rings. The molecule has 4 heterocycles. The van der Waals surface area contributed by atoms with Gasteiger partial charge < -0.3 is 19.5 Å². The topological polar surface area (TPSA) is 48.6 Å². The van der Waals surface area contributed by atoms with Gasteiger partial charge in [0.05, 0.1) is 18.2 Å². The standard InChI is InChI=1S/C20H24ClN3O2/c1-23(2)9-14-15-10-24(11-20(15)6-5-18(14)26-20)19(25)17-8-12-7-13(21)3-4-16(12)22-17/h3-4,7-8,14-15,18,22H,5-6,9-11H2,1-2H3/t14-,15+,18+,20+/m1/s1. The van der Waals surface area contributed by atoms with Gasteiger partial charge in [0.25, 0.3) is 5.91 Å². The molecule has 0 saturated carbocycles. The van der Waals surface area contributed by atoms with Crippen molar-refractivity contribution in [1.82, 2.24) is 14.8 Å². The van der Waals surface area contributed by atoms with E-state index >= 15 is 0 Å². The third-order valence-electron chi connectivity index (χ3n) is 6.46. The van der Waals surface area contributed by atoms with Crippen LogP contribution in [0.25, 0.3) is 10.9 Å². The normalized spacial score (nSPS) is 32.8. The number of likely N-dealkylation sites (tertiary alicyclic amines) is 1. The molecule has 0 aliphatic carbocycles. The van der Waals surface area contributed by atoms with Gasteiger partial charge in [-0.25, -0.2) is 0 Å². The van der Waals surface area contributed by atoms with Crippen molar-refractivity contribution in [3.8, 4) is 0 Å². The number of aromatic amines is 1. The highest BCUT2D eigenvalue weighted by atomic mass is 35.5. The van der Waals surface area contributed by atoms with Crippen LogP contribution < -0.4 is 0 Å². The summed E-state index contributed by atoms with van der Waals surface area (Å²) in [5.74, 6) is 1.04. The number of nitrogens with one attached hydrogen (secondary N) is 1. The zero-order valence-corrected chi connectivity index (χ0v) is 15.9. The SMILES string of the molecule is CN(C)C[C@H]1[C@@H]2CC[C@@]3(CN(C(=O)c4cc5cc(Cl)ccc5[nH]4)C[C@@H]13)O2. The number of amides is 1. The molecule has 1 aromatic carbocycles. The Labute approximate surface area is 158 Å². The van der Waals surface area contributed by atoms with Crippen molar-refractivity contribution in [3.05, 3.63) is 35.0 Å². The number of fused-ring (bicyclic) bond motifs is 2. The highest BCUT2D eigenvalue weighted by molar-refractivity contribution is 6.31. The smallest absolute Gasteiger partial charge is 0.270 e. The van der Waals surface area contributed by atoms with Crippen LogP contribution in [0.15, 0.2) is 24.3 Å². The third-order valence-corrected chi connectivity index (χ3v) is 6.70. The van der Waals surface area contributed by atoms with Crippen LogP contribution in [-0.4, -0.2) is 66.1 Å². The van der Waals surface area contributed by atoms with Gasteiger partial charge in [-0.1, -0.05) is 11.6 Å². The van der Waals surface area contributed by atoms with Crippen LogP contribution in [0.1, 0.15) is 23.3 Å². The van der Waals surface area contributed by atoms with Crippen LogP contribution in [0.4, 0.5) is 0 Å². The quantitative estimate of drug-likeness (QED) is 0.899. The molecule has 6 heteroatoms. The van der Waals surface area contributed by atoms with Crippen LogP contribution in [0.5, 0.6) is 0 Å². The van der Waals surface area contributed by atoms with Gasteiger partial charge in [0.2, 0.25) is 0 Å². The van der Waals surface area contributed by atoms with Gasteiger partial charge >= 0.3 is 0 Å². The lowest BCUT2D eigenvalue weighted by Gasteiger charge is -2.30. The average molecular weight is 374 g/mol. The molecule has 138 valence electrons. The second kappa shape index (κ2) is 5.72. The minimum absolute atomic E-state index is 0.0664. The Morgan fingerprint density at radius 1 is 1.42 bits per heavy atom. The van der Waals surface area contributed by atoms with Gasteiger partial charge in [0, 0.05) is 40.9 Å². The van der Waals surface area contributed by atoms with E-state index in [2.05, 4.69) is 24.0 Å². The van der Waals surface area contributed by atoms with E-state index in [4.69, 9.17) is 16.3 Å². The monoisotopic (exact) mass is 373 g/mol. The first-order valence-corrected chi connectivity index (χ1v) is 9.73. The highest BCUT2D eigenvalue weighted by Crippen LogP contribution is 2.55. The molecule has 5 nitrogen and oxygen atoms in total. The Bertz CT molecular complexity index is 879. The lowest BCUT2D eigenvalue weighted by atomic mass is 9.73. The predicted molar refractivity (Wildman–Crippen MR) is 102 cm³/mol. The molecule has 0 unspecified atom stereocenters. The summed E-state index contributed by atoms with van der Waals surface area (Å²) in [7, 11) is 4.23. The number of hydrogen-bond acceptors (Lipinski definition) is 3. The summed E-state index contributed by atoms with van der Waals surface area (Å²) in [6.45, 7) is 2.54. The summed E-state index contributed by atoms with van der Waals surface area (Å²) in [5.41, 5.74) is 1.46. The van der Waals surface area contributed by atoms with E-state index in [9.17, 15) is 4.79 Å². The summed E-state index contributed by atoms with van der Waals surface area (Å²) in [6.07, 6.45) is 2.58. The summed E-state index contributed by atoms with van der Waals surface area (Å²) >= 11 is 6.07. The minimum atomic E-state index is -0.115. The molecule has 2 aromatic rings. The number of H-pyrrole nitrogens is 1. The molecular formula is C20H24ClN3O2. The van der Waals surface area contributed by atoms with Gasteiger partial charge in [-0.15, -0.1) is 0 Å². The molecule has 0 radical (unpaired) electrons. The molecule has 1 amide bonds. The molecular weight excluding hydrogens is 350 g/mol. The first-order chi connectivity index (χ1) is 12.4. The first-order valence-electron chi connectivity index (χ1n) is 9.35. The Hall–Kier alpha value is -1.56. The number of carbonyl (C=O) groups excluding carboxylic acids is 1. The lowest BCUT2D eigenvalue weighted by Crippen LogP contribution is -2.40. The van der Waals surface area contributed by atoms with E-state index in [-0.39, 0.29) is 11.5 Å². The Morgan fingerprint density at radius 3 is 3.08 bits per heavy atom. The molecule has 1 N–H and O–H groups in total. The zero-order valence-electron chi connectivity index (χ0n) is 15.2. The predicted octanol–water partition coefficient (Wildman–Crippen LogP) is 3.00. The molecule has 2 bridgehead atoms. The van der Waals surface area contributed by atoms with Crippen molar-refractivity contribution in [3.63, 3.8) is 0 Å². The highest BCUT2D eigenvalue weighted by Gasteiger charge is 2.63. The van der Waals surface area contributed by atoms with Crippen molar-refractivity contribution in [2.75, 3.05) is 33.7 Å². The van der Waals surface area contributed by atoms with Gasteiger partial charge in [0.15, 0.2) is 0 Å². The molecule has 26 heavy (non-hydrogen) atoms. The molecule has 1 aromatic heterocycles. The number of nitrogens with zero attached hydrogens (tertiary/aromatic N) is 2. The number of halogens is 1. The molecule has 5 rings (SSSR count). The zero-order chi connectivity index (χ0) is 18.1. The number of rotatable bonds is 3. The van der Waals surface area contributed by atoms with Gasteiger partial charge in [-0.2, -0.15) is 0 Å². The maximum absolute atomic E-state index is 13.1. The lowest BCUT2D eigenvalue weighted by molar-refractivity contribution is 0.00251. The molecule has 3 aliphatic rings. The van der Waals surface area contributed by atoms with Crippen LogP contribution in [-0.2, 0) is 4.74 Å². The summed E-state index contributed by atoms with van der Waals surface area (Å²) < 4.78 is 6.44. The van der Waals surface area contributed by atoms with Gasteiger partial charge in [-0.05, 0) is 51.2 Å². The van der Waals surface area contributed by atoms with Crippen molar-refractivity contribution in [2.24, 2.45) is 11.8 Å². The first kappa shape index (κ1) is 16.6. The van der Waals surface area contributed by atoms with Crippen LogP contribution in [0, 0.1) is 11.8 Å². The fourth-order valence-corrected chi connectivity index (χ4v) is 5.58. The fraction of sp³-hybridized carbons (Fsp3) is 0.550. The number of hydrogen-bond donors (Lipinski definition) is 1. The number of benzene rings is 1. The van der Waals surface area contributed by atoms with Crippen LogP contribution >= 0.6 is 11.6 Å². The van der Waals surface area contributed by atoms with E-state index in [1.165, 1.54) is 0 Å². The Morgan fingerprint density at radius 2 is 2.27 bits per heavy atom. The largest absolute Gasteiger partial charge is 0.369 e. The summed E-state index contributed by atoms with van der Waals surface area (Å²) in [5, 5.41) is 1.66. The number of ether oxygens (including phenoxy) is 1. The van der Waals surface area contributed by atoms with Crippen LogP contribution in [0.3, 0.4) is 0 Å². The Kier molecular flexibility index (Phi) is 3.65. The second-order valence-electron chi connectivity index (χ2n) is 8.39. The van der Waals surface area contributed by atoms with Gasteiger partial charge in [-0.3, -0.25) is 4.79 Å². The summed E-state index contributed by atoms with van der Waals surface area (Å²) in [6, 6.07) is 7.56. The van der Waals surface area contributed by atoms with Gasteiger partial charge in [0.1, 0.15) is 5.69 Å². The average Bonchev–Trinajstić information content (AvgIpc) is 3.32. The van der Waals surface area contributed by atoms with Crippen molar-refractivity contribution < 1.29 is 9.53 Å². The number of aromatic nitrogens is 1. The maximum Gasteiger partial charge on any atom is 0.270 e. The second-order valence-corrected chi connectivity index (χ2v) is 8.83. The van der Waals surface area contributed by atoms with Crippen molar-refractivity contribution in [1.29, 1.82) is 0 Å². The van der Waals surface area contributed by atoms with Crippen molar-refractivity contribution >= 4 is 28.4 Å². The molecule has 4 atom stereocenters. The Balaban J connectivity index is 1.40. The van der Waals surface area contributed by atoms with Crippen molar-refractivity contribution in [2.45, 2.75) is 24.5 Å². The van der Waals surface area contributed by atoms with E-state index < -0.39 is 0 Å². The number of carbonyl (C=O) groups is 1. The van der Waals surface area contributed by atoms with E-state index in [1.807, 2.05) is 29.2 Å². The molecule has 1 spiro atoms. The van der Waals surface area contributed by atoms with E-state index in [1.54, 1.807) is 0 Å². The molecule has 3 aliphatic heterocycles. The maximum atomic E-state index is 13.1. The van der Waals surface area contributed by atoms with E-state index in [0.29, 0.717) is 35.2 Å². The summed E-state index contributed by atoms with van der Waals surface area (Å²) in [4.78, 5) is 20.6.